The molecule has 88 valence electrons. The molecule has 0 bridgehead atoms. The summed E-state index contributed by atoms with van der Waals surface area (Å²) in [6, 6.07) is 0. The average Bonchev–Trinajstić information content (AvgIpc) is 2.28. The lowest BCUT2D eigenvalue weighted by Crippen LogP contribution is -2.35. The fourth-order valence-corrected chi connectivity index (χ4v) is 2.33. The molecule has 16 heavy (non-hydrogen) atoms. The summed E-state index contributed by atoms with van der Waals surface area (Å²) in [7, 11) is 1.60. The molecule has 5 heteroatoms. The van der Waals surface area contributed by atoms with Gasteiger partial charge in [-0.25, -0.2) is 9.97 Å². The van der Waals surface area contributed by atoms with Crippen molar-refractivity contribution in [3.05, 3.63) is 11.5 Å². The molecule has 1 saturated heterocycles. The lowest BCUT2D eigenvalue weighted by Gasteiger charge is -2.32. The van der Waals surface area contributed by atoms with Crippen LogP contribution in [-0.4, -0.2) is 30.2 Å². The van der Waals surface area contributed by atoms with Gasteiger partial charge in [0.2, 0.25) is 0 Å². The smallest absolute Gasteiger partial charge is 0.199 e. The van der Waals surface area contributed by atoms with Crippen LogP contribution in [0.2, 0.25) is 5.15 Å². The van der Waals surface area contributed by atoms with Gasteiger partial charge in [0.25, 0.3) is 0 Å². The molecule has 0 saturated carbocycles. The van der Waals surface area contributed by atoms with Gasteiger partial charge in [-0.05, 0) is 18.8 Å². The monoisotopic (exact) mass is 241 g/mol. The highest BCUT2D eigenvalue weighted by Crippen LogP contribution is 2.33. The van der Waals surface area contributed by atoms with E-state index in [0.717, 1.165) is 18.9 Å². The van der Waals surface area contributed by atoms with Crippen molar-refractivity contribution in [2.24, 2.45) is 5.92 Å². The maximum absolute atomic E-state index is 5.98. The van der Waals surface area contributed by atoms with Crippen molar-refractivity contribution in [3.8, 4) is 5.75 Å². The second-order valence-electron chi connectivity index (χ2n) is 4.21. The Morgan fingerprint density at radius 1 is 1.50 bits per heavy atom. The molecule has 1 aliphatic rings. The fourth-order valence-electron chi connectivity index (χ4n) is 2.13. The zero-order chi connectivity index (χ0) is 11.5. The normalized spacial score (nSPS) is 20.9. The Balaban J connectivity index is 2.28. The van der Waals surface area contributed by atoms with E-state index in [1.807, 2.05) is 0 Å². The number of rotatable bonds is 2. The van der Waals surface area contributed by atoms with Gasteiger partial charge in [0.15, 0.2) is 16.7 Å². The first-order valence-corrected chi connectivity index (χ1v) is 5.89. The van der Waals surface area contributed by atoms with Crippen molar-refractivity contribution in [1.82, 2.24) is 9.97 Å². The summed E-state index contributed by atoms with van der Waals surface area (Å²) >= 11 is 5.98. The molecule has 1 fully saturated rings. The SMILES string of the molecule is COc1c(Cl)ncnc1N1CCCC(C)C1. The van der Waals surface area contributed by atoms with Gasteiger partial charge in [-0.3, -0.25) is 0 Å². The molecule has 1 aromatic heterocycles. The van der Waals surface area contributed by atoms with Crippen molar-refractivity contribution in [2.45, 2.75) is 19.8 Å². The second kappa shape index (κ2) is 4.87. The standard InChI is InChI=1S/C11H16ClN3O/c1-8-4-3-5-15(6-8)11-9(16-2)10(12)13-7-14-11/h7-8H,3-6H2,1-2H3. The minimum absolute atomic E-state index is 0.380. The Morgan fingerprint density at radius 2 is 2.31 bits per heavy atom. The van der Waals surface area contributed by atoms with Crippen LogP contribution >= 0.6 is 11.6 Å². The summed E-state index contributed by atoms with van der Waals surface area (Å²) in [6.45, 7) is 4.26. The number of hydrogen-bond acceptors (Lipinski definition) is 4. The quantitative estimate of drug-likeness (QED) is 0.746. The number of aromatic nitrogens is 2. The zero-order valence-corrected chi connectivity index (χ0v) is 10.4. The minimum Gasteiger partial charge on any atom is -0.490 e. The summed E-state index contributed by atoms with van der Waals surface area (Å²) in [5.41, 5.74) is 0. The highest BCUT2D eigenvalue weighted by molar-refractivity contribution is 6.31. The summed E-state index contributed by atoms with van der Waals surface area (Å²) in [5.74, 6) is 2.08. The van der Waals surface area contributed by atoms with E-state index >= 15 is 0 Å². The van der Waals surface area contributed by atoms with Gasteiger partial charge in [0, 0.05) is 13.1 Å². The van der Waals surface area contributed by atoms with E-state index in [2.05, 4.69) is 21.8 Å². The molecule has 1 aromatic rings. The van der Waals surface area contributed by atoms with Crippen molar-refractivity contribution < 1.29 is 4.74 Å². The Morgan fingerprint density at radius 3 is 3.00 bits per heavy atom. The maximum Gasteiger partial charge on any atom is 0.199 e. The van der Waals surface area contributed by atoms with E-state index in [1.165, 1.54) is 19.2 Å². The number of ether oxygens (including phenoxy) is 1. The van der Waals surface area contributed by atoms with Gasteiger partial charge in [-0.2, -0.15) is 0 Å². The van der Waals surface area contributed by atoms with Crippen LogP contribution in [0.3, 0.4) is 0 Å². The van der Waals surface area contributed by atoms with Gasteiger partial charge in [0.05, 0.1) is 7.11 Å². The van der Waals surface area contributed by atoms with Gasteiger partial charge in [0.1, 0.15) is 6.33 Å². The van der Waals surface area contributed by atoms with E-state index in [4.69, 9.17) is 16.3 Å². The van der Waals surface area contributed by atoms with Crippen molar-refractivity contribution in [3.63, 3.8) is 0 Å². The van der Waals surface area contributed by atoms with Crippen LogP contribution < -0.4 is 9.64 Å². The van der Waals surface area contributed by atoms with Crippen molar-refractivity contribution >= 4 is 17.4 Å². The predicted octanol–water partition coefficient (Wildman–Crippen LogP) is 2.37. The van der Waals surface area contributed by atoms with Gasteiger partial charge < -0.3 is 9.64 Å². The molecule has 0 aliphatic carbocycles. The van der Waals surface area contributed by atoms with Crippen molar-refractivity contribution in [2.75, 3.05) is 25.1 Å². The number of hydrogen-bond donors (Lipinski definition) is 0. The molecule has 0 aromatic carbocycles. The highest BCUT2D eigenvalue weighted by Gasteiger charge is 2.22. The Labute approximate surface area is 101 Å². The van der Waals surface area contributed by atoms with Crippen LogP contribution in [0.1, 0.15) is 19.8 Å². The van der Waals surface area contributed by atoms with E-state index in [9.17, 15) is 0 Å². The molecule has 0 N–H and O–H groups in total. The van der Waals surface area contributed by atoms with E-state index in [-0.39, 0.29) is 0 Å². The van der Waals surface area contributed by atoms with E-state index in [0.29, 0.717) is 16.8 Å². The molecular weight excluding hydrogens is 226 g/mol. The topological polar surface area (TPSA) is 38.3 Å². The summed E-state index contributed by atoms with van der Waals surface area (Å²) in [6.07, 6.45) is 3.95. The van der Waals surface area contributed by atoms with Gasteiger partial charge >= 0.3 is 0 Å². The molecule has 0 amide bonds. The lowest BCUT2D eigenvalue weighted by atomic mass is 10.0. The number of piperidine rings is 1. The number of anilines is 1. The number of methoxy groups -OCH3 is 1. The van der Waals surface area contributed by atoms with Gasteiger partial charge in [-0.1, -0.05) is 18.5 Å². The third-order valence-corrected chi connectivity index (χ3v) is 3.17. The molecule has 1 aliphatic heterocycles. The van der Waals surface area contributed by atoms with E-state index < -0.39 is 0 Å². The minimum atomic E-state index is 0.380. The highest BCUT2D eigenvalue weighted by atomic mass is 35.5. The van der Waals surface area contributed by atoms with Crippen LogP contribution in [-0.2, 0) is 0 Å². The first kappa shape index (κ1) is 11.5. The molecular formula is C11H16ClN3O. The Bertz CT molecular complexity index is 372. The van der Waals surface area contributed by atoms with Crippen LogP contribution in [0.25, 0.3) is 0 Å². The zero-order valence-electron chi connectivity index (χ0n) is 9.61. The van der Waals surface area contributed by atoms with Crippen LogP contribution in [0.5, 0.6) is 5.75 Å². The Kier molecular flexibility index (Phi) is 3.49. The Hall–Kier alpha value is -1.03. The molecule has 0 radical (unpaired) electrons. The number of nitrogens with zero attached hydrogens (tertiary/aromatic N) is 3. The maximum atomic E-state index is 5.98. The second-order valence-corrected chi connectivity index (χ2v) is 4.57. The average molecular weight is 242 g/mol. The summed E-state index contributed by atoms with van der Waals surface area (Å²) in [5, 5.41) is 0.380. The lowest BCUT2D eigenvalue weighted by molar-refractivity contribution is 0.400. The predicted molar refractivity (Wildman–Crippen MR) is 64.2 cm³/mol. The fraction of sp³-hybridized carbons (Fsp3) is 0.636. The molecule has 1 unspecified atom stereocenters. The molecule has 0 spiro atoms. The van der Waals surface area contributed by atoms with Crippen LogP contribution in [0.15, 0.2) is 6.33 Å². The summed E-state index contributed by atoms with van der Waals surface area (Å²) < 4.78 is 5.27. The molecule has 1 atom stereocenters. The summed E-state index contributed by atoms with van der Waals surface area (Å²) in [4.78, 5) is 10.4. The molecule has 2 heterocycles. The third kappa shape index (κ3) is 2.21. The molecule has 2 rings (SSSR count). The largest absolute Gasteiger partial charge is 0.490 e. The van der Waals surface area contributed by atoms with Crippen LogP contribution in [0.4, 0.5) is 5.82 Å². The van der Waals surface area contributed by atoms with Crippen LogP contribution in [0, 0.1) is 5.92 Å². The third-order valence-electron chi connectivity index (χ3n) is 2.90. The number of halogens is 1. The first-order chi connectivity index (χ1) is 7.72. The first-order valence-electron chi connectivity index (χ1n) is 5.51. The van der Waals surface area contributed by atoms with Crippen molar-refractivity contribution in [1.29, 1.82) is 0 Å². The molecule has 4 nitrogen and oxygen atoms in total. The van der Waals surface area contributed by atoms with Gasteiger partial charge in [-0.15, -0.1) is 0 Å². The van der Waals surface area contributed by atoms with E-state index in [1.54, 1.807) is 7.11 Å².